The fraction of sp³-hybridized carbons (Fsp3) is 0.652. The second kappa shape index (κ2) is 10.7. The average Bonchev–Trinajstić information content (AvgIpc) is 2.81. The molecule has 0 aromatic carbocycles. The van der Waals surface area contributed by atoms with Gasteiger partial charge in [-0.05, 0) is 31.6 Å². The average molecular weight is 464 g/mol. The predicted octanol–water partition coefficient (Wildman–Crippen LogP) is 3.31. The SMILES string of the molecule is CCC(=O)N1CCC(COC2=CC3=NC(CSC4CCOCC4)=NC(=O)C3C(F)=C2)CC1. The van der Waals surface area contributed by atoms with Crippen LogP contribution in [-0.4, -0.2) is 72.2 Å². The normalized spacial score (nSPS) is 24.9. The number of piperidine rings is 1. The maximum atomic E-state index is 14.7. The van der Waals surface area contributed by atoms with Gasteiger partial charge in [-0.15, -0.1) is 0 Å². The van der Waals surface area contributed by atoms with Crippen molar-refractivity contribution in [3.63, 3.8) is 0 Å². The van der Waals surface area contributed by atoms with Gasteiger partial charge in [0.05, 0.1) is 18.1 Å². The Morgan fingerprint density at radius 1 is 1.22 bits per heavy atom. The van der Waals surface area contributed by atoms with E-state index in [0.29, 0.717) is 47.3 Å². The summed E-state index contributed by atoms with van der Waals surface area (Å²) in [6.07, 6.45) is 7.15. The van der Waals surface area contributed by atoms with Crippen molar-refractivity contribution >= 4 is 35.1 Å². The highest BCUT2D eigenvalue weighted by atomic mass is 32.2. The molecule has 4 rings (SSSR count). The molecule has 32 heavy (non-hydrogen) atoms. The fourth-order valence-electron chi connectivity index (χ4n) is 4.31. The van der Waals surface area contributed by atoms with Crippen molar-refractivity contribution in [1.29, 1.82) is 0 Å². The summed E-state index contributed by atoms with van der Waals surface area (Å²) >= 11 is 1.72. The summed E-state index contributed by atoms with van der Waals surface area (Å²) < 4.78 is 25.9. The number of allylic oxidation sites excluding steroid dienone is 2. The summed E-state index contributed by atoms with van der Waals surface area (Å²) in [6.45, 7) is 5.31. The van der Waals surface area contributed by atoms with Crippen LogP contribution in [0.2, 0.25) is 0 Å². The first-order chi connectivity index (χ1) is 15.5. The minimum Gasteiger partial charge on any atom is -0.493 e. The Morgan fingerprint density at radius 3 is 2.69 bits per heavy atom. The quantitative estimate of drug-likeness (QED) is 0.579. The molecule has 2 saturated heterocycles. The molecule has 1 aliphatic carbocycles. The molecule has 1 unspecified atom stereocenters. The molecule has 9 heteroatoms. The monoisotopic (exact) mass is 463 g/mol. The van der Waals surface area contributed by atoms with E-state index in [-0.39, 0.29) is 5.91 Å². The van der Waals surface area contributed by atoms with Crippen LogP contribution in [0.15, 0.2) is 33.7 Å². The summed E-state index contributed by atoms with van der Waals surface area (Å²) in [4.78, 5) is 34.7. The van der Waals surface area contributed by atoms with Crippen LogP contribution in [0.3, 0.4) is 0 Å². The molecule has 3 aliphatic heterocycles. The topological polar surface area (TPSA) is 80.6 Å². The number of likely N-dealkylation sites (tertiary alicyclic amines) is 1. The van der Waals surface area contributed by atoms with Crippen LogP contribution in [0.1, 0.15) is 39.0 Å². The number of ether oxygens (including phenoxy) is 2. The summed E-state index contributed by atoms with van der Waals surface area (Å²) in [7, 11) is 0. The number of thioether (sulfide) groups is 1. The first-order valence-corrected chi connectivity index (χ1v) is 12.5. The molecule has 2 fully saturated rings. The number of carbonyl (C=O) groups excluding carboxylic acids is 2. The maximum Gasteiger partial charge on any atom is 0.263 e. The van der Waals surface area contributed by atoms with Crippen LogP contribution in [0.5, 0.6) is 0 Å². The summed E-state index contributed by atoms with van der Waals surface area (Å²) in [5.74, 6) is -0.285. The second-order valence-corrected chi connectivity index (χ2v) is 9.81. The Kier molecular flexibility index (Phi) is 7.78. The third kappa shape index (κ3) is 5.67. The van der Waals surface area contributed by atoms with Crippen molar-refractivity contribution in [3.8, 4) is 0 Å². The van der Waals surface area contributed by atoms with E-state index in [1.165, 1.54) is 6.08 Å². The third-order valence-electron chi connectivity index (χ3n) is 6.26. The Labute approximate surface area is 192 Å². The maximum absolute atomic E-state index is 14.7. The standard InChI is InChI=1S/C23H30FN3O4S/c1-2-21(28)27-7-3-15(4-8-27)13-31-16-11-18(24)22-19(12-16)25-20(26-23(22)29)14-32-17-5-9-30-10-6-17/h11-12,15,17,22H,2-10,13-14H2,1H3. The van der Waals surface area contributed by atoms with E-state index in [9.17, 15) is 14.0 Å². The van der Waals surface area contributed by atoms with Gasteiger partial charge >= 0.3 is 0 Å². The molecular formula is C23H30FN3O4S. The number of carbonyl (C=O) groups is 2. The molecule has 4 aliphatic rings. The molecule has 0 spiro atoms. The number of amides is 2. The Balaban J connectivity index is 1.33. The van der Waals surface area contributed by atoms with Gasteiger partial charge in [0.1, 0.15) is 23.3 Å². The molecule has 7 nitrogen and oxygen atoms in total. The molecular weight excluding hydrogens is 433 g/mol. The van der Waals surface area contributed by atoms with Crippen LogP contribution in [0, 0.1) is 11.8 Å². The lowest BCUT2D eigenvalue weighted by atomic mass is 9.94. The van der Waals surface area contributed by atoms with Gasteiger partial charge in [0, 0.05) is 50.1 Å². The van der Waals surface area contributed by atoms with E-state index >= 15 is 0 Å². The number of fused-ring (bicyclic) bond motifs is 1. The minimum atomic E-state index is -1.05. The molecule has 0 radical (unpaired) electrons. The highest BCUT2D eigenvalue weighted by Gasteiger charge is 2.35. The highest BCUT2D eigenvalue weighted by molar-refractivity contribution is 8.00. The number of hydrogen-bond donors (Lipinski definition) is 0. The second-order valence-electron chi connectivity index (χ2n) is 8.52. The lowest BCUT2D eigenvalue weighted by Crippen LogP contribution is -2.39. The Hall–Kier alpha value is -2.00. The van der Waals surface area contributed by atoms with E-state index in [2.05, 4.69) is 9.98 Å². The van der Waals surface area contributed by atoms with Crippen molar-refractivity contribution < 1.29 is 23.5 Å². The van der Waals surface area contributed by atoms with Crippen LogP contribution in [0.4, 0.5) is 4.39 Å². The van der Waals surface area contributed by atoms with Gasteiger partial charge in [-0.2, -0.15) is 16.8 Å². The lowest BCUT2D eigenvalue weighted by molar-refractivity contribution is -0.132. The van der Waals surface area contributed by atoms with Gasteiger partial charge in [0.2, 0.25) is 5.91 Å². The molecule has 174 valence electrons. The molecule has 2 amide bonds. The van der Waals surface area contributed by atoms with Gasteiger partial charge in [0.25, 0.3) is 5.91 Å². The molecule has 0 N–H and O–H groups in total. The van der Waals surface area contributed by atoms with Crippen LogP contribution in [0.25, 0.3) is 0 Å². The fourth-order valence-corrected chi connectivity index (χ4v) is 5.35. The molecule has 0 aromatic heterocycles. The number of rotatable bonds is 7. The van der Waals surface area contributed by atoms with E-state index in [0.717, 1.165) is 52.0 Å². The van der Waals surface area contributed by atoms with Crippen molar-refractivity contribution in [2.24, 2.45) is 21.8 Å². The predicted molar refractivity (Wildman–Crippen MR) is 122 cm³/mol. The van der Waals surface area contributed by atoms with Gasteiger partial charge < -0.3 is 14.4 Å². The van der Waals surface area contributed by atoms with Gasteiger partial charge in [0.15, 0.2) is 0 Å². The smallest absolute Gasteiger partial charge is 0.263 e. The summed E-state index contributed by atoms with van der Waals surface area (Å²) in [5, 5.41) is 0.468. The third-order valence-corrected chi connectivity index (χ3v) is 7.63. The minimum absolute atomic E-state index is 0.183. The van der Waals surface area contributed by atoms with Crippen LogP contribution < -0.4 is 0 Å². The van der Waals surface area contributed by atoms with Crippen LogP contribution >= 0.6 is 11.8 Å². The van der Waals surface area contributed by atoms with E-state index in [1.54, 1.807) is 17.8 Å². The zero-order valence-corrected chi connectivity index (χ0v) is 19.2. The van der Waals surface area contributed by atoms with E-state index < -0.39 is 17.7 Å². The summed E-state index contributed by atoms with van der Waals surface area (Å²) in [6, 6.07) is 0. The highest BCUT2D eigenvalue weighted by Crippen LogP contribution is 2.30. The number of aliphatic imine (C=N–C) groups is 2. The van der Waals surface area contributed by atoms with E-state index in [1.807, 2.05) is 11.8 Å². The number of halogens is 1. The van der Waals surface area contributed by atoms with Crippen molar-refractivity contribution in [2.75, 3.05) is 38.7 Å². The lowest BCUT2D eigenvalue weighted by Gasteiger charge is -2.32. The molecule has 3 heterocycles. The number of nitrogens with zero attached hydrogens (tertiary/aromatic N) is 3. The summed E-state index contributed by atoms with van der Waals surface area (Å²) in [5.41, 5.74) is 0.367. The van der Waals surface area contributed by atoms with Gasteiger partial charge in [-0.1, -0.05) is 6.92 Å². The molecule has 0 aromatic rings. The van der Waals surface area contributed by atoms with E-state index in [4.69, 9.17) is 9.47 Å². The zero-order chi connectivity index (χ0) is 22.5. The molecule has 0 saturated carbocycles. The first-order valence-electron chi connectivity index (χ1n) is 11.4. The Bertz CT molecular complexity index is 855. The molecule has 1 atom stereocenters. The zero-order valence-electron chi connectivity index (χ0n) is 18.4. The number of amidine groups is 1. The van der Waals surface area contributed by atoms with Crippen molar-refractivity contribution in [2.45, 2.75) is 44.3 Å². The van der Waals surface area contributed by atoms with Crippen molar-refractivity contribution in [1.82, 2.24) is 4.90 Å². The van der Waals surface area contributed by atoms with Gasteiger partial charge in [-0.3, -0.25) is 9.59 Å². The first kappa shape index (κ1) is 23.2. The van der Waals surface area contributed by atoms with Gasteiger partial charge in [-0.25, -0.2) is 9.38 Å². The number of hydrogen-bond acceptors (Lipinski definition) is 6. The van der Waals surface area contributed by atoms with Crippen molar-refractivity contribution in [3.05, 3.63) is 23.7 Å². The Morgan fingerprint density at radius 2 is 1.97 bits per heavy atom. The largest absolute Gasteiger partial charge is 0.493 e. The van der Waals surface area contributed by atoms with Crippen LogP contribution in [-0.2, 0) is 19.1 Å². The molecule has 0 bridgehead atoms.